The van der Waals surface area contributed by atoms with Crippen molar-refractivity contribution >= 4 is 11.8 Å². The van der Waals surface area contributed by atoms with Gasteiger partial charge < -0.3 is 20.4 Å². The van der Waals surface area contributed by atoms with Crippen LogP contribution >= 0.6 is 0 Å². The molecule has 4 aliphatic carbocycles. The van der Waals surface area contributed by atoms with Gasteiger partial charge in [0, 0.05) is 11.0 Å². The van der Waals surface area contributed by atoms with Crippen molar-refractivity contribution in [3.05, 3.63) is 23.5 Å². The molecule has 3 fully saturated rings. The summed E-state index contributed by atoms with van der Waals surface area (Å²) >= 11 is 0. The third-order valence-electron chi connectivity index (χ3n) is 8.83. The number of allylic oxidation sites excluding steroid dienone is 2. The molecule has 0 saturated heterocycles. The summed E-state index contributed by atoms with van der Waals surface area (Å²) in [5.74, 6) is -1.31. The zero-order valence-corrected chi connectivity index (χ0v) is 16.7. The molecule has 3 saturated carbocycles. The smallest absolute Gasteiger partial charge is 0.336 e. The van der Waals surface area contributed by atoms with E-state index in [0.29, 0.717) is 18.4 Å². The second-order valence-electron chi connectivity index (χ2n) is 10.0. The van der Waals surface area contributed by atoms with E-state index in [1.165, 1.54) is 0 Å². The molecule has 0 amide bonds. The Morgan fingerprint density at radius 1 is 1.32 bits per heavy atom. The van der Waals surface area contributed by atoms with Gasteiger partial charge in [-0.15, -0.1) is 0 Å². The molecular weight excluding hydrogens is 360 g/mol. The van der Waals surface area contributed by atoms with Gasteiger partial charge in [0.2, 0.25) is 0 Å². The summed E-state index contributed by atoms with van der Waals surface area (Å²) in [5, 5.41) is 41.5. The lowest BCUT2D eigenvalue weighted by Gasteiger charge is -2.61. The summed E-state index contributed by atoms with van der Waals surface area (Å²) in [7, 11) is 0. The molecule has 4 N–H and O–H groups in total. The topological polar surface area (TPSA) is 115 Å². The molecule has 154 valence electrons. The summed E-state index contributed by atoms with van der Waals surface area (Å²) in [6.07, 6.45) is 3.94. The van der Waals surface area contributed by atoms with Crippen LogP contribution in [0.5, 0.6) is 0 Å². The summed E-state index contributed by atoms with van der Waals surface area (Å²) in [5.41, 5.74) is -1.78. The number of hydrogen-bond donors (Lipinski definition) is 4. The van der Waals surface area contributed by atoms with Crippen LogP contribution in [0.25, 0.3) is 0 Å². The number of carboxylic acids is 1. The van der Waals surface area contributed by atoms with E-state index in [1.54, 1.807) is 6.08 Å². The van der Waals surface area contributed by atoms with Gasteiger partial charge in [0.15, 0.2) is 11.4 Å². The van der Waals surface area contributed by atoms with Crippen LogP contribution in [-0.4, -0.2) is 43.9 Å². The van der Waals surface area contributed by atoms with Crippen molar-refractivity contribution in [3.63, 3.8) is 0 Å². The molecule has 0 aromatic rings. The predicted molar refractivity (Wildman–Crippen MR) is 101 cm³/mol. The number of aliphatic hydroxyl groups is 3. The number of carboxylic acid groups (broad SMARTS) is 1. The molecule has 8 atom stereocenters. The lowest BCUT2D eigenvalue weighted by Crippen LogP contribution is -2.62. The van der Waals surface area contributed by atoms with Gasteiger partial charge in [-0.05, 0) is 67.3 Å². The highest BCUT2D eigenvalue weighted by molar-refractivity contribution is 6.05. The van der Waals surface area contributed by atoms with Gasteiger partial charge >= 0.3 is 5.97 Å². The molecule has 0 bridgehead atoms. The summed E-state index contributed by atoms with van der Waals surface area (Å²) in [6.45, 7) is 5.96. The van der Waals surface area contributed by atoms with E-state index in [9.17, 15) is 30.0 Å². The average Bonchev–Trinajstić information content (AvgIpc) is 2.88. The molecule has 0 aromatic heterocycles. The van der Waals surface area contributed by atoms with Crippen molar-refractivity contribution in [1.82, 2.24) is 0 Å². The number of aliphatic carboxylic acids is 1. The van der Waals surface area contributed by atoms with E-state index < -0.39 is 28.5 Å². The second-order valence-corrected chi connectivity index (χ2v) is 10.0. The van der Waals surface area contributed by atoms with Crippen molar-refractivity contribution in [2.24, 2.45) is 34.5 Å². The largest absolute Gasteiger partial charge is 0.515 e. The fourth-order valence-electron chi connectivity index (χ4n) is 7.58. The molecule has 28 heavy (non-hydrogen) atoms. The Bertz CT molecular complexity index is 799. The maximum atomic E-state index is 12.3. The van der Waals surface area contributed by atoms with E-state index >= 15 is 0 Å². The monoisotopic (exact) mass is 390 g/mol. The minimum Gasteiger partial charge on any atom is -0.515 e. The quantitative estimate of drug-likeness (QED) is 0.404. The van der Waals surface area contributed by atoms with Gasteiger partial charge in [0.25, 0.3) is 0 Å². The van der Waals surface area contributed by atoms with Crippen LogP contribution in [0, 0.1) is 34.5 Å². The number of rotatable bonds is 1. The number of aliphatic hydroxyl groups excluding tert-OH is 2. The Balaban J connectivity index is 1.81. The van der Waals surface area contributed by atoms with Crippen LogP contribution in [0.4, 0.5) is 0 Å². The zero-order valence-electron chi connectivity index (χ0n) is 16.7. The highest BCUT2D eigenvalue weighted by Crippen LogP contribution is 2.68. The Labute approximate surface area is 165 Å². The molecule has 4 aliphatic rings. The number of carbonyl (C=O) groups excluding carboxylic acids is 1. The standard InChI is InChI=1S/C22H30O6/c1-11-6-13-14-4-5-22(28,19(26)27)21(14,3)9-17(25)18(13)20(2)8-12(10-23)16(24)7-15(11)20/h7,10-11,13-14,17-18,23,25,28H,4-6,8-9H2,1-3H3,(H,26,27)/b12-10-/t11-,13-,14-,17-,18+,20-,21-,22-/m0/s1. The molecule has 0 aliphatic heterocycles. The van der Waals surface area contributed by atoms with Gasteiger partial charge in [-0.25, -0.2) is 4.79 Å². The number of fused-ring (bicyclic) bond motifs is 5. The summed E-state index contributed by atoms with van der Waals surface area (Å²) in [6, 6.07) is 0. The average molecular weight is 390 g/mol. The molecule has 6 heteroatoms. The summed E-state index contributed by atoms with van der Waals surface area (Å²) < 4.78 is 0. The van der Waals surface area contributed by atoms with E-state index in [0.717, 1.165) is 18.3 Å². The van der Waals surface area contributed by atoms with Crippen molar-refractivity contribution in [3.8, 4) is 0 Å². The molecular formula is C22H30O6. The first kappa shape index (κ1) is 19.6. The SMILES string of the molecule is C[C@H]1C[C@@H]2[C@H]([C@@H](O)C[C@@]3(C)[C@H]2CC[C@]3(O)C(=O)O)[C@@]2(C)C/C(=C/O)C(=O)C=C12. The Morgan fingerprint density at radius 3 is 2.61 bits per heavy atom. The van der Waals surface area contributed by atoms with E-state index in [2.05, 4.69) is 13.8 Å². The Morgan fingerprint density at radius 2 is 2.00 bits per heavy atom. The first-order valence-electron chi connectivity index (χ1n) is 10.2. The van der Waals surface area contributed by atoms with Gasteiger partial charge in [0.1, 0.15) is 0 Å². The molecule has 0 aromatic carbocycles. The zero-order chi connectivity index (χ0) is 20.6. The number of carbonyl (C=O) groups is 2. The van der Waals surface area contributed by atoms with Crippen LogP contribution in [-0.2, 0) is 9.59 Å². The maximum absolute atomic E-state index is 12.3. The van der Waals surface area contributed by atoms with Gasteiger partial charge in [0.05, 0.1) is 12.4 Å². The number of ketones is 1. The molecule has 6 nitrogen and oxygen atoms in total. The second kappa shape index (κ2) is 5.92. The maximum Gasteiger partial charge on any atom is 0.336 e. The van der Waals surface area contributed by atoms with Gasteiger partial charge in [-0.3, -0.25) is 4.79 Å². The van der Waals surface area contributed by atoms with E-state index in [1.807, 2.05) is 6.92 Å². The minimum atomic E-state index is -1.82. The molecule has 0 radical (unpaired) electrons. The van der Waals surface area contributed by atoms with Crippen molar-refractivity contribution in [2.45, 2.75) is 64.6 Å². The lowest BCUT2D eigenvalue weighted by molar-refractivity contribution is -0.195. The van der Waals surface area contributed by atoms with Crippen LogP contribution in [0.1, 0.15) is 52.9 Å². The van der Waals surface area contributed by atoms with Gasteiger partial charge in [-0.2, -0.15) is 0 Å². The fraction of sp³-hybridized carbons (Fsp3) is 0.727. The van der Waals surface area contributed by atoms with Crippen molar-refractivity contribution < 1.29 is 30.0 Å². The van der Waals surface area contributed by atoms with E-state index in [4.69, 9.17) is 0 Å². The van der Waals surface area contributed by atoms with Crippen LogP contribution < -0.4 is 0 Å². The van der Waals surface area contributed by atoms with Crippen molar-refractivity contribution in [2.75, 3.05) is 0 Å². The first-order valence-corrected chi connectivity index (χ1v) is 10.2. The number of hydrogen-bond acceptors (Lipinski definition) is 5. The third-order valence-corrected chi connectivity index (χ3v) is 8.83. The van der Waals surface area contributed by atoms with Crippen LogP contribution in [0.2, 0.25) is 0 Å². The third kappa shape index (κ3) is 2.22. The van der Waals surface area contributed by atoms with Crippen LogP contribution in [0.3, 0.4) is 0 Å². The highest BCUT2D eigenvalue weighted by atomic mass is 16.4. The van der Waals surface area contributed by atoms with Crippen LogP contribution in [0.15, 0.2) is 23.5 Å². The summed E-state index contributed by atoms with van der Waals surface area (Å²) in [4.78, 5) is 24.2. The molecule has 0 spiro atoms. The predicted octanol–water partition coefficient (Wildman–Crippen LogP) is 2.60. The molecule has 0 unspecified atom stereocenters. The first-order chi connectivity index (χ1) is 13.0. The Hall–Kier alpha value is -1.66. The lowest BCUT2D eigenvalue weighted by atomic mass is 9.44. The molecule has 0 heterocycles. The minimum absolute atomic E-state index is 0.00186. The normalized spacial score (nSPS) is 51.9. The Kier molecular flexibility index (Phi) is 4.16. The van der Waals surface area contributed by atoms with E-state index in [-0.39, 0.29) is 42.3 Å². The fourth-order valence-corrected chi connectivity index (χ4v) is 7.58. The highest BCUT2D eigenvalue weighted by Gasteiger charge is 2.69. The van der Waals surface area contributed by atoms with Gasteiger partial charge in [-0.1, -0.05) is 26.3 Å². The van der Waals surface area contributed by atoms with Crippen molar-refractivity contribution in [1.29, 1.82) is 0 Å². The molecule has 4 rings (SSSR count).